The van der Waals surface area contributed by atoms with Gasteiger partial charge >= 0.3 is 41.5 Å². The molecule has 3 N–H and O–H groups in total. The zero-order valence-corrected chi connectivity index (χ0v) is 11.4. The molecule has 0 atom stereocenters. The first kappa shape index (κ1) is 16.1. The van der Waals surface area contributed by atoms with Gasteiger partial charge in [0.25, 0.3) is 10.1 Å². The maximum Gasteiger partial charge on any atom is 1.00 e. The van der Waals surface area contributed by atoms with Gasteiger partial charge in [-0.25, -0.2) is 9.59 Å². The summed E-state index contributed by atoms with van der Waals surface area (Å²) in [5, 5.41) is 17.3. The van der Waals surface area contributed by atoms with Crippen LogP contribution in [0.4, 0.5) is 0 Å². The molecule has 0 bridgehead atoms. The number of aromatic carboxylic acids is 2. The van der Waals surface area contributed by atoms with Crippen LogP contribution in [0.3, 0.4) is 0 Å². The van der Waals surface area contributed by atoms with E-state index in [4.69, 9.17) is 14.8 Å². The van der Waals surface area contributed by atoms with Crippen LogP contribution in [0.1, 0.15) is 20.7 Å². The molecular weight excluding hydrogens is 263 g/mol. The fourth-order valence-corrected chi connectivity index (χ4v) is 1.55. The monoisotopic (exact) mass is 269 g/mol. The molecule has 1 aromatic carbocycles. The summed E-state index contributed by atoms with van der Waals surface area (Å²) in [6.07, 6.45) is 0. The minimum Gasteiger partial charge on any atom is -0.478 e. The van der Waals surface area contributed by atoms with Crippen molar-refractivity contribution in [3.05, 3.63) is 29.3 Å². The second kappa shape index (κ2) is 5.61. The Kier molecular flexibility index (Phi) is 5.30. The van der Waals surface area contributed by atoms with Crippen LogP contribution in [-0.2, 0) is 10.1 Å². The van der Waals surface area contributed by atoms with Crippen LogP contribution in [0.2, 0.25) is 0 Å². The summed E-state index contributed by atoms with van der Waals surface area (Å²) in [6, 6.07) is 2.20. The third-order valence-electron chi connectivity index (χ3n) is 1.75. The Hall–Kier alpha value is -0.930. The van der Waals surface area contributed by atoms with Crippen molar-refractivity contribution in [2.45, 2.75) is 4.90 Å². The molecule has 0 unspecified atom stereocenters. The minimum absolute atomic E-state index is 0. The molecule has 17 heavy (non-hydrogen) atoms. The van der Waals surface area contributed by atoms with Gasteiger partial charge in [-0.05, 0) is 18.2 Å². The van der Waals surface area contributed by atoms with E-state index in [0.717, 1.165) is 12.1 Å². The Labute approximate surface area is 118 Å². The summed E-state index contributed by atoms with van der Waals surface area (Å²) in [5.74, 6) is -3.10. The fourth-order valence-electron chi connectivity index (χ4n) is 1.05. The fraction of sp³-hybridized carbons (Fsp3) is 0. The summed E-state index contributed by atoms with van der Waals surface area (Å²) >= 11 is 0. The zero-order valence-electron chi connectivity index (χ0n) is 8.61. The molecule has 9 heteroatoms. The van der Waals surface area contributed by atoms with E-state index in [0.29, 0.717) is 6.07 Å². The van der Waals surface area contributed by atoms with Crippen LogP contribution in [0.5, 0.6) is 0 Å². The van der Waals surface area contributed by atoms with Gasteiger partial charge in [-0.3, -0.25) is 4.55 Å². The van der Waals surface area contributed by atoms with Crippen LogP contribution in [-0.4, -0.2) is 35.1 Å². The van der Waals surface area contributed by atoms with Crippen molar-refractivity contribution in [1.82, 2.24) is 0 Å². The van der Waals surface area contributed by atoms with Crippen LogP contribution in [0, 0.1) is 0 Å². The van der Waals surface area contributed by atoms with E-state index in [1.165, 1.54) is 0 Å². The minimum atomic E-state index is -4.56. The normalized spacial score (nSPS) is 10.4. The van der Waals surface area contributed by atoms with Gasteiger partial charge in [0.05, 0.1) is 16.0 Å². The van der Waals surface area contributed by atoms with E-state index >= 15 is 0 Å². The molecule has 1 aromatic rings. The second-order valence-corrected chi connectivity index (χ2v) is 4.21. The maximum atomic E-state index is 10.7. The van der Waals surface area contributed by atoms with Crippen LogP contribution in [0.25, 0.3) is 0 Å². The van der Waals surface area contributed by atoms with Crippen molar-refractivity contribution in [2.24, 2.45) is 0 Å². The summed E-state index contributed by atoms with van der Waals surface area (Å²) in [6.45, 7) is 0. The van der Waals surface area contributed by atoms with Crippen LogP contribution in [0.15, 0.2) is 23.1 Å². The third-order valence-corrected chi connectivity index (χ3v) is 2.60. The summed E-state index contributed by atoms with van der Waals surface area (Å²) in [7, 11) is -4.56. The Bertz CT molecular complexity index is 563. The molecule has 1 rings (SSSR count). The molecule has 0 aliphatic carbocycles. The van der Waals surface area contributed by atoms with Gasteiger partial charge < -0.3 is 10.2 Å². The Morgan fingerprint density at radius 2 is 1.47 bits per heavy atom. The number of rotatable bonds is 3. The number of carboxylic acid groups (broad SMARTS) is 2. The van der Waals surface area contributed by atoms with Gasteiger partial charge in [0.15, 0.2) is 0 Å². The molecule has 86 valence electrons. The largest absolute Gasteiger partial charge is 1.00 e. The number of hydrogen-bond donors (Lipinski definition) is 3. The molecule has 0 amide bonds. The first-order valence-electron chi connectivity index (χ1n) is 3.81. The van der Waals surface area contributed by atoms with E-state index in [1.54, 1.807) is 0 Å². The van der Waals surface area contributed by atoms with Gasteiger partial charge in [-0.2, -0.15) is 8.42 Å². The van der Waals surface area contributed by atoms with Gasteiger partial charge in [0, 0.05) is 0 Å². The Morgan fingerprint density at radius 1 is 1.00 bits per heavy atom. The average Bonchev–Trinajstić information content (AvgIpc) is 2.15. The van der Waals surface area contributed by atoms with Crippen molar-refractivity contribution in [3.8, 4) is 0 Å². The standard InChI is InChI=1S/C8H6O7S.Na/c9-7(10)5-2-1-4(16(13,14)15)3-6(5)8(11)12;/h1-3H,(H,9,10)(H,11,12)(H,13,14,15);/q;+1. The Balaban J connectivity index is 0.00000256. The van der Waals surface area contributed by atoms with Gasteiger partial charge in [-0.15, -0.1) is 0 Å². The first-order chi connectivity index (χ1) is 7.23. The van der Waals surface area contributed by atoms with E-state index in [9.17, 15) is 18.0 Å². The number of hydrogen-bond acceptors (Lipinski definition) is 4. The maximum absolute atomic E-state index is 10.7. The van der Waals surface area contributed by atoms with Crippen LogP contribution < -0.4 is 29.6 Å². The third kappa shape index (κ3) is 3.79. The molecule has 0 fully saturated rings. The topological polar surface area (TPSA) is 129 Å². The summed E-state index contributed by atoms with van der Waals surface area (Å²) in [5.41, 5.74) is -1.26. The van der Waals surface area contributed by atoms with Crippen LogP contribution >= 0.6 is 0 Å². The molecule has 0 saturated heterocycles. The van der Waals surface area contributed by atoms with Crippen molar-refractivity contribution >= 4 is 22.1 Å². The van der Waals surface area contributed by atoms with Crippen molar-refractivity contribution in [1.29, 1.82) is 0 Å². The first-order valence-corrected chi connectivity index (χ1v) is 5.25. The van der Waals surface area contributed by atoms with Crippen molar-refractivity contribution < 1.29 is 62.3 Å². The quantitative estimate of drug-likeness (QED) is 0.403. The molecule has 0 heterocycles. The molecule has 0 aromatic heterocycles. The number of benzene rings is 1. The van der Waals surface area contributed by atoms with Crippen molar-refractivity contribution in [2.75, 3.05) is 0 Å². The summed E-state index contributed by atoms with van der Waals surface area (Å²) < 4.78 is 30.1. The summed E-state index contributed by atoms with van der Waals surface area (Å²) in [4.78, 5) is 20.6. The molecule has 0 radical (unpaired) electrons. The predicted molar refractivity (Wildman–Crippen MR) is 50.2 cm³/mol. The molecule has 0 aliphatic heterocycles. The zero-order chi connectivity index (χ0) is 12.5. The molecule has 0 aliphatic rings. The van der Waals surface area contributed by atoms with Gasteiger partial charge in [-0.1, -0.05) is 0 Å². The average molecular weight is 269 g/mol. The van der Waals surface area contributed by atoms with E-state index < -0.39 is 38.1 Å². The molecule has 7 nitrogen and oxygen atoms in total. The van der Waals surface area contributed by atoms with E-state index in [2.05, 4.69) is 0 Å². The number of carboxylic acids is 2. The van der Waals surface area contributed by atoms with E-state index in [1.807, 2.05) is 0 Å². The van der Waals surface area contributed by atoms with Crippen molar-refractivity contribution in [3.63, 3.8) is 0 Å². The SMILES string of the molecule is O=C(O)c1ccc(S(=O)(=O)O)cc1C(=O)O.[Na+]. The second-order valence-electron chi connectivity index (χ2n) is 2.79. The molecule has 0 spiro atoms. The van der Waals surface area contributed by atoms with E-state index in [-0.39, 0.29) is 29.6 Å². The van der Waals surface area contributed by atoms with Gasteiger partial charge in [0.1, 0.15) is 0 Å². The Morgan fingerprint density at radius 3 is 1.82 bits per heavy atom. The molecular formula is C8H6NaO7S+. The number of carbonyl (C=O) groups is 2. The molecule has 0 saturated carbocycles. The predicted octanol–water partition coefficient (Wildman–Crippen LogP) is -2.67. The van der Waals surface area contributed by atoms with Gasteiger partial charge in [0.2, 0.25) is 0 Å². The smallest absolute Gasteiger partial charge is 0.478 e.